The summed E-state index contributed by atoms with van der Waals surface area (Å²) in [5, 5.41) is 6.71. The minimum atomic E-state index is -0.161. The van der Waals surface area contributed by atoms with Gasteiger partial charge in [-0.25, -0.2) is 0 Å². The normalized spacial score (nSPS) is 11.3. The van der Waals surface area contributed by atoms with Crippen LogP contribution in [-0.2, 0) is 11.8 Å². The molecule has 2 heterocycles. The smallest absolute Gasteiger partial charge is 0.251 e. The van der Waals surface area contributed by atoms with E-state index in [1.807, 2.05) is 20.8 Å². The molecule has 106 valence electrons. The molecule has 2 rings (SSSR count). The first kappa shape index (κ1) is 14.2. The lowest BCUT2D eigenvalue weighted by molar-refractivity contribution is 0.0954. The number of aromatic nitrogens is 3. The first-order valence-corrected chi connectivity index (χ1v) is 6.48. The molecule has 1 N–H and O–H groups in total. The minimum absolute atomic E-state index is 0.132. The quantitative estimate of drug-likeness (QED) is 0.918. The summed E-state index contributed by atoms with van der Waals surface area (Å²) in [7, 11) is 0. The minimum Gasteiger partial charge on any atom is -0.352 e. The van der Waals surface area contributed by atoms with E-state index in [0.717, 1.165) is 0 Å². The van der Waals surface area contributed by atoms with Gasteiger partial charge >= 0.3 is 0 Å². The van der Waals surface area contributed by atoms with Crippen LogP contribution in [0.3, 0.4) is 0 Å². The van der Waals surface area contributed by atoms with Gasteiger partial charge in [0.05, 0.1) is 0 Å². The van der Waals surface area contributed by atoms with Crippen LogP contribution < -0.4 is 5.32 Å². The predicted molar refractivity (Wildman–Crippen MR) is 73.3 cm³/mol. The summed E-state index contributed by atoms with van der Waals surface area (Å²) in [6.07, 6.45) is 3.71. The number of carbonyl (C=O) groups excluding carboxylic acids is 1. The van der Waals surface area contributed by atoms with Crippen LogP contribution in [-0.4, -0.2) is 27.6 Å². The molecule has 2 aromatic rings. The second kappa shape index (κ2) is 5.81. The number of rotatable bonds is 4. The molecule has 0 aromatic carbocycles. The molecule has 0 fully saturated rings. The van der Waals surface area contributed by atoms with Crippen molar-refractivity contribution >= 4 is 5.91 Å². The average molecular weight is 274 g/mol. The molecule has 0 aliphatic heterocycles. The Morgan fingerprint density at radius 1 is 1.30 bits per heavy atom. The van der Waals surface area contributed by atoms with E-state index in [-0.39, 0.29) is 11.3 Å². The molecule has 1 amide bonds. The van der Waals surface area contributed by atoms with Crippen molar-refractivity contribution in [3.8, 4) is 0 Å². The Labute approximate surface area is 117 Å². The van der Waals surface area contributed by atoms with E-state index < -0.39 is 0 Å². The molecule has 2 aromatic heterocycles. The van der Waals surface area contributed by atoms with Gasteiger partial charge in [-0.05, 0) is 12.1 Å². The number of nitrogens with one attached hydrogen (secondary N) is 1. The second-order valence-corrected chi connectivity index (χ2v) is 5.51. The van der Waals surface area contributed by atoms with Gasteiger partial charge in [0.25, 0.3) is 5.91 Å². The molecule has 0 unspecified atom stereocenters. The van der Waals surface area contributed by atoms with E-state index >= 15 is 0 Å². The van der Waals surface area contributed by atoms with Gasteiger partial charge in [-0.1, -0.05) is 25.9 Å². The Bertz CT molecular complexity index is 572. The van der Waals surface area contributed by atoms with E-state index in [1.165, 1.54) is 0 Å². The molecule has 0 radical (unpaired) electrons. The van der Waals surface area contributed by atoms with Gasteiger partial charge in [0.1, 0.15) is 0 Å². The summed E-state index contributed by atoms with van der Waals surface area (Å²) < 4.78 is 5.19. The molecule has 0 saturated carbocycles. The third kappa shape index (κ3) is 3.63. The lowest BCUT2D eigenvalue weighted by Gasteiger charge is -2.10. The molecule has 0 bridgehead atoms. The zero-order valence-electron chi connectivity index (χ0n) is 11.9. The van der Waals surface area contributed by atoms with Crippen LogP contribution in [0.4, 0.5) is 0 Å². The van der Waals surface area contributed by atoms with Crippen LogP contribution in [0.1, 0.15) is 42.8 Å². The third-order valence-corrected chi connectivity index (χ3v) is 2.69. The zero-order valence-corrected chi connectivity index (χ0v) is 11.9. The summed E-state index contributed by atoms with van der Waals surface area (Å²) in [5.41, 5.74) is 0.425. The van der Waals surface area contributed by atoms with E-state index in [9.17, 15) is 4.79 Å². The molecular weight excluding hydrogens is 256 g/mol. The first-order chi connectivity index (χ1) is 9.47. The highest BCUT2D eigenvalue weighted by Crippen LogP contribution is 2.19. The van der Waals surface area contributed by atoms with Gasteiger partial charge in [-0.2, -0.15) is 4.98 Å². The molecule has 0 atom stereocenters. The summed E-state index contributed by atoms with van der Waals surface area (Å²) in [5.74, 6) is 1.07. The highest BCUT2D eigenvalue weighted by molar-refractivity contribution is 5.93. The van der Waals surface area contributed by atoms with Gasteiger partial charge < -0.3 is 9.84 Å². The van der Waals surface area contributed by atoms with Crippen LogP contribution in [0.2, 0.25) is 0 Å². The van der Waals surface area contributed by atoms with Crippen LogP contribution in [0.25, 0.3) is 0 Å². The van der Waals surface area contributed by atoms with Crippen molar-refractivity contribution in [3.05, 3.63) is 41.8 Å². The first-order valence-electron chi connectivity index (χ1n) is 6.48. The Morgan fingerprint density at radius 3 is 2.60 bits per heavy atom. The summed E-state index contributed by atoms with van der Waals surface area (Å²) >= 11 is 0. The molecule has 6 nitrogen and oxygen atoms in total. The summed E-state index contributed by atoms with van der Waals surface area (Å²) in [4.78, 5) is 20.0. The molecule has 6 heteroatoms. The maximum Gasteiger partial charge on any atom is 0.251 e. The summed E-state index contributed by atoms with van der Waals surface area (Å²) in [6, 6.07) is 3.34. The topological polar surface area (TPSA) is 80.9 Å². The zero-order chi connectivity index (χ0) is 14.6. The monoisotopic (exact) mass is 274 g/mol. The Hall–Kier alpha value is -2.24. The standard InChI is InChI=1S/C14H18N4O2/c1-14(2,3)13-17-11(18-20-13)6-9-16-12(19)10-4-7-15-8-5-10/h4-5,7-8H,6,9H2,1-3H3,(H,16,19). The average Bonchev–Trinajstić information content (AvgIpc) is 2.88. The van der Waals surface area contributed by atoms with Crippen molar-refractivity contribution in [1.82, 2.24) is 20.4 Å². The Morgan fingerprint density at radius 2 is 2.00 bits per heavy atom. The SMILES string of the molecule is CC(C)(C)c1nc(CCNC(=O)c2ccncc2)no1. The van der Waals surface area contributed by atoms with Crippen LogP contribution in [0.15, 0.2) is 29.0 Å². The highest BCUT2D eigenvalue weighted by atomic mass is 16.5. The van der Waals surface area contributed by atoms with Crippen molar-refractivity contribution < 1.29 is 9.32 Å². The number of amides is 1. The molecule has 0 saturated heterocycles. The van der Waals surface area contributed by atoms with Crippen LogP contribution >= 0.6 is 0 Å². The number of nitrogens with zero attached hydrogens (tertiary/aromatic N) is 3. The number of hydrogen-bond donors (Lipinski definition) is 1. The maximum atomic E-state index is 11.8. The molecular formula is C14H18N4O2. The third-order valence-electron chi connectivity index (χ3n) is 2.69. The van der Waals surface area contributed by atoms with Gasteiger partial charge in [0.2, 0.25) is 5.89 Å². The van der Waals surface area contributed by atoms with Crippen molar-refractivity contribution in [1.29, 1.82) is 0 Å². The highest BCUT2D eigenvalue weighted by Gasteiger charge is 2.21. The molecule has 0 aliphatic carbocycles. The van der Waals surface area contributed by atoms with Gasteiger partial charge in [0, 0.05) is 36.3 Å². The largest absolute Gasteiger partial charge is 0.352 e. The molecule has 20 heavy (non-hydrogen) atoms. The van der Waals surface area contributed by atoms with Crippen molar-refractivity contribution in [2.75, 3.05) is 6.54 Å². The van der Waals surface area contributed by atoms with E-state index in [1.54, 1.807) is 24.5 Å². The number of carbonyl (C=O) groups is 1. The molecule has 0 aliphatic rings. The van der Waals surface area contributed by atoms with Crippen LogP contribution in [0.5, 0.6) is 0 Å². The van der Waals surface area contributed by atoms with Crippen molar-refractivity contribution in [3.63, 3.8) is 0 Å². The maximum absolute atomic E-state index is 11.8. The van der Waals surface area contributed by atoms with E-state index in [2.05, 4.69) is 20.4 Å². The predicted octanol–water partition coefficient (Wildman–Crippen LogP) is 1.73. The van der Waals surface area contributed by atoms with Crippen LogP contribution in [0, 0.1) is 0 Å². The van der Waals surface area contributed by atoms with Gasteiger partial charge in [0.15, 0.2) is 5.82 Å². The Balaban J connectivity index is 1.85. The van der Waals surface area contributed by atoms with Crippen molar-refractivity contribution in [2.45, 2.75) is 32.6 Å². The number of pyridine rings is 1. The second-order valence-electron chi connectivity index (χ2n) is 5.51. The molecule has 0 spiro atoms. The lowest BCUT2D eigenvalue weighted by Crippen LogP contribution is -2.26. The van der Waals surface area contributed by atoms with Gasteiger partial charge in [-0.15, -0.1) is 0 Å². The fourth-order valence-corrected chi connectivity index (χ4v) is 1.55. The number of hydrogen-bond acceptors (Lipinski definition) is 5. The Kier molecular flexibility index (Phi) is 4.12. The fourth-order valence-electron chi connectivity index (χ4n) is 1.55. The van der Waals surface area contributed by atoms with E-state index in [0.29, 0.717) is 30.2 Å². The van der Waals surface area contributed by atoms with Gasteiger partial charge in [-0.3, -0.25) is 9.78 Å². The summed E-state index contributed by atoms with van der Waals surface area (Å²) in [6.45, 7) is 6.49. The lowest BCUT2D eigenvalue weighted by atomic mass is 9.97. The van der Waals surface area contributed by atoms with Crippen molar-refractivity contribution in [2.24, 2.45) is 0 Å². The van der Waals surface area contributed by atoms with E-state index in [4.69, 9.17) is 4.52 Å². The fraction of sp³-hybridized carbons (Fsp3) is 0.429.